The van der Waals surface area contributed by atoms with Crippen molar-refractivity contribution in [2.75, 3.05) is 0 Å². The van der Waals surface area contributed by atoms with Crippen LogP contribution in [-0.4, -0.2) is 20.0 Å². The van der Waals surface area contributed by atoms with Crippen molar-refractivity contribution in [1.29, 1.82) is 0 Å². The van der Waals surface area contributed by atoms with Gasteiger partial charge >= 0.3 is 0 Å². The van der Waals surface area contributed by atoms with E-state index in [4.69, 9.17) is 0 Å². The fourth-order valence-corrected chi connectivity index (χ4v) is 4.96. The van der Waals surface area contributed by atoms with E-state index in [1.807, 2.05) is 6.92 Å². The van der Waals surface area contributed by atoms with E-state index in [0.717, 1.165) is 5.56 Å². The number of benzene rings is 2. The minimum absolute atomic E-state index is 0.222. The number of aryl methyl sites for hydroxylation is 1. The smallest absolute Gasteiger partial charge is 0.182 e. The lowest BCUT2D eigenvalue weighted by Gasteiger charge is -2.05. The Bertz CT molecular complexity index is 795. The quantitative estimate of drug-likeness (QED) is 0.815. The number of sulfone groups is 1. The van der Waals surface area contributed by atoms with E-state index >= 15 is 0 Å². The van der Waals surface area contributed by atoms with Gasteiger partial charge in [-0.05, 0) is 36.8 Å². The van der Waals surface area contributed by atoms with Crippen LogP contribution in [0.15, 0.2) is 53.4 Å². The molecule has 0 amide bonds. The third kappa shape index (κ3) is 2.46. The molecule has 2 aromatic rings. The molecule has 1 saturated carbocycles. The van der Waals surface area contributed by atoms with Crippen molar-refractivity contribution in [2.45, 2.75) is 23.0 Å². The first-order valence-electron chi connectivity index (χ1n) is 6.96. The molecule has 1 aliphatic carbocycles. The predicted molar refractivity (Wildman–Crippen MR) is 80.8 cm³/mol. The molecule has 0 bridgehead atoms. The molecule has 3 nitrogen and oxygen atoms in total. The SMILES string of the molecule is Cc1ccc(S(=O)(=O)[C@H]2[C@@H](C=O)[C@@H]2c2ccc(F)cc2)cc1. The van der Waals surface area contributed by atoms with Crippen molar-refractivity contribution in [2.24, 2.45) is 5.92 Å². The highest BCUT2D eigenvalue weighted by Crippen LogP contribution is 2.52. The number of rotatable bonds is 4. The third-order valence-corrected chi connectivity index (χ3v) is 6.38. The van der Waals surface area contributed by atoms with Crippen molar-refractivity contribution in [1.82, 2.24) is 0 Å². The summed E-state index contributed by atoms with van der Waals surface area (Å²) in [5.74, 6) is -1.36. The average molecular weight is 318 g/mol. The molecule has 1 fully saturated rings. The minimum Gasteiger partial charge on any atom is -0.303 e. The van der Waals surface area contributed by atoms with Gasteiger partial charge in [0.05, 0.1) is 10.1 Å². The minimum atomic E-state index is -3.58. The number of halogens is 1. The Hall–Kier alpha value is -2.01. The molecule has 0 radical (unpaired) electrons. The largest absolute Gasteiger partial charge is 0.303 e. The molecule has 5 heteroatoms. The van der Waals surface area contributed by atoms with Crippen LogP contribution in [0, 0.1) is 18.7 Å². The standard InChI is InChI=1S/C17H15FO3S/c1-11-2-8-14(9-3-11)22(20,21)17-15(10-19)16(17)12-4-6-13(18)7-5-12/h2-10,15-17H,1H3/t15-,16-,17-/m0/s1. The molecule has 0 heterocycles. The average Bonchev–Trinajstić information content (AvgIpc) is 3.24. The van der Waals surface area contributed by atoms with E-state index in [-0.39, 0.29) is 10.7 Å². The molecule has 0 unspecified atom stereocenters. The Balaban J connectivity index is 1.95. The monoisotopic (exact) mass is 318 g/mol. The summed E-state index contributed by atoms with van der Waals surface area (Å²) < 4.78 is 38.4. The van der Waals surface area contributed by atoms with Crippen LogP contribution < -0.4 is 0 Å². The first-order valence-corrected chi connectivity index (χ1v) is 8.51. The molecule has 0 saturated heterocycles. The van der Waals surface area contributed by atoms with Gasteiger partial charge in [-0.25, -0.2) is 12.8 Å². The molecule has 22 heavy (non-hydrogen) atoms. The van der Waals surface area contributed by atoms with Crippen LogP contribution in [0.1, 0.15) is 17.0 Å². The number of aldehydes is 1. The normalized spacial score (nSPS) is 24.0. The van der Waals surface area contributed by atoms with Gasteiger partial charge in [-0.3, -0.25) is 0 Å². The molecular weight excluding hydrogens is 303 g/mol. The van der Waals surface area contributed by atoms with Gasteiger partial charge in [-0.2, -0.15) is 0 Å². The Labute approximate surface area is 128 Å². The lowest BCUT2D eigenvalue weighted by Crippen LogP contribution is -2.11. The highest BCUT2D eigenvalue weighted by Gasteiger charge is 2.58. The van der Waals surface area contributed by atoms with Crippen LogP contribution >= 0.6 is 0 Å². The fraction of sp³-hybridized carbons (Fsp3) is 0.235. The Morgan fingerprint density at radius 1 is 1.00 bits per heavy atom. The summed E-state index contributed by atoms with van der Waals surface area (Å²) in [5.41, 5.74) is 1.65. The van der Waals surface area contributed by atoms with Crippen LogP contribution in [0.4, 0.5) is 4.39 Å². The predicted octanol–water partition coefficient (Wildman–Crippen LogP) is 2.89. The summed E-state index contributed by atoms with van der Waals surface area (Å²) in [6.07, 6.45) is 0.685. The summed E-state index contributed by atoms with van der Waals surface area (Å²) in [7, 11) is -3.58. The van der Waals surface area contributed by atoms with Crippen LogP contribution in [0.25, 0.3) is 0 Å². The van der Waals surface area contributed by atoms with E-state index in [1.165, 1.54) is 12.1 Å². The van der Waals surface area contributed by atoms with E-state index < -0.39 is 26.9 Å². The molecule has 3 atom stereocenters. The topological polar surface area (TPSA) is 51.2 Å². The van der Waals surface area contributed by atoms with Gasteiger partial charge in [0.25, 0.3) is 0 Å². The van der Waals surface area contributed by atoms with Crippen LogP contribution in [0.2, 0.25) is 0 Å². The third-order valence-electron chi connectivity index (χ3n) is 4.13. The molecule has 1 aliphatic rings. The number of hydrogen-bond acceptors (Lipinski definition) is 3. The van der Waals surface area contributed by atoms with Crippen molar-refractivity contribution in [3.63, 3.8) is 0 Å². The summed E-state index contributed by atoms with van der Waals surface area (Å²) >= 11 is 0. The number of hydrogen-bond donors (Lipinski definition) is 0. The zero-order valence-corrected chi connectivity index (χ0v) is 12.8. The van der Waals surface area contributed by atoms with Crippen molar-refractivity contribution in [3.05, 3.63) is 65.5 Å². The molecule has 2 aromatic carbocycles. The Morgan fingerprint density at radius 3 is 2.14 bits per heavy atom. The van der Waals surface area contributed by atoms with Crippen molar-refractivity contribution in [3.8, 4) is 0 Å². The highest BCUT2D eigenvalue weighted by molar-refractivity contribution is 7.92. The van der Waals surface area contributed by atoms with Crippen LogP contribution in [0.5, 0.6) is 0 Å². The lowest BCUT2D eigenvalue weighted by molar-refractivity contribution is -0.108. The molecule has 0 N–H and O–H groups in total. The second kappa shape index (κ2) is 5.32. The van der Waals surface area contributed by atoms with Crippen LogP contribution in [-0.2, 0) is 14.6 Å². The van der Waals surface area contributed by atoms with Gasteiger partial charge in [0.1, 0.15) is 12.1 Å². The summed E-state index contributed by atoms with van der Waals surface area (Å²) in [6.45, 7) is 1.88. The Morgan fingerprint density at radius 2 is 1.59 bits per heavy atom. The lowest BCUT2D eigenvalue weighted by atomic mass is 10.1. The summed E-state index contributed by atoms with van der Waals surface area (Å²) in [6, 6.07) is 12.2. The van der Waals surface area contributed by atoms with Gasteiger partial charge in [0.15, 0.2) is 9.84 Å². The molecule has 0 aliphatic heterocycles. The molecule has 0 aromatic heterocycles. The maximum Gasteiger partial charge on any atom is 0.182 e. The Kier molecular flexibility index (Phi) is 3.60. The van der Waals surface area contributed by atoms with Gasteiger partial charge in [-0.15, -0.1) is 0 Å². The number of carbonyl (C=O) groups excluding carboxylic acids is 1. The molecule has 114 valence electrons. The second-order valence-corrected chi connectivity index (χ2v) is 7.72. The van der Waals surface area contributed by atoms with E-state index in [9.17, 15) is 17.6 Å². The zero-order chi connectivity index (χ0) is 15.9. The van der Waals surface area contributed by atoms with Crippen LogP contribution in [0.3, 0.4) is 0 Å². The van der Waals surface area contributed by atoms with Gasteiger partial charge in [0, 0.05) is 11.8 Å². The van der Waals surface area contributed by atoms with E-state index in [0.29, 0.717) is 11.8 Å². The maximum atomic E-state index is 13.0. The highest BCUT2D eigenvalue weighted by atomic mass is 32.2. The summed E-state index contributed by atoms with van der Waals surface area (Å²) in [4.78, 5) is 11.4. The maximum absolute atomic E-state index is 13.0. The van der Waals surface area contributed by atoms with Gasteiger partial charge in [-0.1, -0.05) is 29.8 Å². The zero-order valence-electron chi connectivity index (χ0n) is 11.9. The number of carbonyl (C=O) groups is 1. The fourth-order valence-electron chi connectivity index (χ4n) is 2.85. The van der Waals surface area contributed by atoms with Gasteiger partial charge in [0.2, 0.25) is 0 Å². The van der Waals surface area contributed by atoms with Crippen molar-refractivity contribution >= 4 is 16.1 Å². The molecule has 0 spiro atoms. The van der Waals surface area contributed by atoms with Gasteiger partial charge < -0.3 is 4.79 Å². The first kappa shape index (κ1) is 14.9. The van der Waals surface area contributed by atoms with E-state index in [1.54, 1.807) is 36.4 Å². The van der Waals surface area contributed by atoms with E-state index in [2.05, 4.69) is 0 Å². The van der Waals surface area contributed by atoms with Crippen molar-refractivity contribution < 1.29 is 17.6 Å². The molecule has 3 rings (SSSR count). The molecular formula is C17H15FO3S. The first-order chi connectivity index (χ1) is 10.4. The summed E-state index contributed by atoms with van der Waals surface area (Å²) in [5, 5.41) is -0.766. The second-order valence-electron chi connectivity index (χ2n) is 5.61.